The molecule has 0 aromatic carbocycles. The predicted molar refractivity (Wildman–Crippen MR) is 67.9 cm³/mol. The molecule has 0 bridgehead atoms. The van der Waals surface area contributed by atoms with Gasteiger partial charge in [0.1, 0.15) is 17.5 Å². The van der Waals surface area contributed by atoms with Crippen LogP contribution in [0.25, 0.3) is 0 Å². The number of aliphatic hydroxyl groups excluding tert-OH is 1. The smallest absolute Gasteiger partial charge is 0.137 e. The van der Waals surface area contributed by atoms with Crippen LogP contribution in [0.3, 0.4) is 0 Å². The predicted octanol–water partition coefficient (Wildman–Crippen LogP) is 0.883. The minimum Gasteiger partial charge on any atom is -0.393 e. The second-order valence-corrected chi connectivity index (χ2v) is 4.88. The molecule has 1 aliphatic heterocycles. The van der Waals surface area contributed by atoms with Gasteiger partial charge in [0.25, 0.3) is 0 Å². The molecule has 0 amide bonds. The SMILES string of the molecule is Cc1nc(N)c(C)c(N2CCC(O)C(C)C2)n1. The molecule has 0 aliphatic carbocycles. The van der Waals surface area contributed by atoms with Gasteiger partial charge in [-0.15, -0.1) is 0 Å². The topological polar surface area (TPSA) is 75.3 Å². The van der Waals surface area contributed by atoms with E-state index < -0.39 is 0 Å². The summed E-state index contributed by atoms with van der Waals surface area (Å²) in [5, 5.41) is 9.74. The molecule has 2 heterocycles. The monoisotopic (exact) mass is 236 g/mol. The first-order valence-electron chi connectivity index (χ1n) is 6.02. The molecule has 0 spiro atoms. The van der Waals surface area contributed by atoms with Crippen LogP contribution in [0.4, 0.5) is 11.6 Å². The largest absolute Gasteiger partial charge is 0.393 e. The van der Waals surface area contributed by atoms with Crippen LogP contribution in [-0.2, 0) is 0 Å². The normalized spacial score (nSPS) is 25.1. The van der Waals surface area contributed by atoms with Gasteiger partial charge in [0.2, 0.25) is 0 Å². The van der Waals surface area contributed by atoms with Gasteiger partial charge < -0.3 is 15.7 Å². The Morgan fingerprint density at radius 3 is 2.71 bits per heavy atom. The molecule has 1 aromatic rings. The van der Waals surface area contributed by atoms with Gasteiger partial charge in [-0.25, -0.2) is 9.97 Å². The van der Waals surface area contributed by atoms with Crippen LogP contribution >= 0.6 is 0 Å². The van der Waals surface area contributed by atoms with Gasteiger partial charge in [0, 0.05) is 18.7 Å². The Kier molecular flexibility index (Phi) is 3.19. The standard InChI is InChI=1S/C12H20N4O/c1-7-6-16(5-4-10(7)17)12-8(2)11(13)14-9(3)15-12/h7,10,17H,4-6H2,1-3H3,(H2,13,14,15). The number of nitrogens with zero attached hydrogens (tertiary/aromatic N) is 3. The molecule has 3 N–H and O–H groups in total. The van der Waals surface area contributed by atoms with E-state index in [2.05, 4.69) is 21.8 Å². The van der Waals surface area contributed by atoms with Crippen molar-refractivity contribution in [2.45, 2.75) is 33.3 Å². The lowest BCUT2D eigenvalue weighted by atomic mass is 9.96. The highest BCUT2D eigenvalue weighted by Gasteiger charge is 2.26. The molecular formula is C12H20N4O. The fourth-order valence-corrected chi connectivity index (χ4v) is 2.27. The van der Waals surface area contributed by atoms with Gasteiger partial charge >= 0.3 is 0 Å². The molecule has 1 saturated heterocycles. The fourth-order valence-electron chi connectivity index (χ4n) is 2.27. The van der Waals surface area contributed by atoms with Crippen molar-refractivity contribution in [2.75, 3.05) is 23.7 Å². The molecular weight excluding hydrogens is 216 g/mol. The van der Waals surface area contributed by atoms with Crippen molar-refractivity contribution in [1.29, 1.82) is 0 Å². The molecule has 5 nitrogen and oxygen atoms in total. The van der Waals surface area contributed by atoms with Crippen LogP contribution in [0.2, 0.25) is 0 Å². The Labute approximate surface area is 102 Å². The Hall–Kier alpha value is -1.36. The quantitative estimate of drug-likeness (QED) is 0.757. The maximum absolute atomic E-state index is 9.74. The van der Waals surface area contributed by atoms with E-state index in [1.807, 2.05) is 13.8 Å². The zero-order chi connectivity index (χ0) is 12.6. The van der Waals surface area contributed by atoms with E-state index in [9.17, 15) is 5.11 Å². The number of hydrogen-bond donors (Lipinski definition) is 2. The lowest BCUT2D eigenvalue weighted by Crippen LogP contribution is -2.42. The Morgan fingerprint density at radius 1 is 1.35 bits per heavy atom. The van der Waals surface area contributed by atoms with Crippen molar-refractivity contribution in [1.82, 2.24) is 9.97 Å². The average Bonchev–Trinajstić information content (AvgIpc) is 2.27. The van der Waals surface area contributed by atoms with Crippen molar-refractivity contribution >= 4 is 11.6 Å². The van der Waals surface area contributed by atoms with E-state index in [0.29, 0.717) is 11.6 Å². The third kappa shape index (κ3) is 2.34. The van der Waals surface area contributed by atoms with Crippen LogP contribution in [0.5, 0.6) is 0 Å². The van der Waals surface area contributed by atoms with Gasteiger partial charge in [-0.05, 0) is 26.2 Å². The summed E-state index contributed by atoms with van der Waals surface area (Å²) in [6.07, 6.45) is 0.579. The first kappa shape index (κ1) is 12.1. The molecule has 2 unspecified atom stereocenters. The molecule has 1 aliphatic rings. The van der Waals surface area contributed by atoms with Gasteiger partial charge in [0.15, 0.2) is 0 Å². The summed E-state index contributed by atoms with van der Waals surface area (Å²) in [6.45, 7) is 7.49. The van der Waals surface area contributed by atoms with Crippen LogP contribution in [0.1, 0.15) is 24.7 Å². The Balaban J connectivity index is 2.28. The number of aliphatic hydroxyl groups is 1. The molecule has 17 heavy (non-hydrogen) atoms. The molecule has 0 saturated carbocycles. The van der Waals surface area contributed by atoms with E-state index in [-0.39, 0.29) is 12.0 Å². The Bertz CT molecular complexity index is 421. The first-order valence-corrected chi connectivity index (χ1v) is 6.02. The maximum atomic E-state index is 9.74. The van der Waals surface area contributed by atoms with E-state index in [0.717, 1.165) is 30.9 Å². The molecule has 1 fully saturated rings. The molecule has 5 heteroatoms. The summed E-state index contributed by atoms with van der Waals surface area (Å²) >= 11 is 0. The number of piperidine rings is 1. The van der Waals surface area contributed by atoms with Crippen LogP contribution < -0.4 is 10.6 Å². The molecule has 2 rings (SSSR count). The number of rotatable bonds is 1. The third-order valence-corrected chi connectivity index (χ3v) is 3.43. The van der Waals surface area contributed by atoms with E-state index in [4.69, 9.17) is 5.73 Å². The summed E-state index contributed by atoms with van der Waals surface area (Å²) in [7, 11) is 0. The first-order chi connectivity index (χ1) is 7.99. The number of nitrogen functional groups attached to an aromatic ring is 1. The van der Waals surface area contributed by atoms with Crippen molar-refractivity contribution < 1.29 is 5.11 Å². The summed E-state index contributed by atoms with van der Waals surface area (Å²) in [6, 6.07) is 0. The van der Waals surface area contributed by atoms with Crippen molar-refractivity contribution in [3.63, 3.8) is 0 Å². The number of anilines is 2. The maximum Gasteiger partial charge on any atom is 0.137 e. The highest BCUT2D eigenvalue weighted by atomic mass is 16.3. The zero-order valence-corrected chi connectivity index (χ0v) is 10.6. The summed E-state index contributed by atoms with van der Waals surface area (Å²) in [4.78, 5) is 10.8. The second kappa shape index (κ2) is 4.49. The second-order valence-electron chi connectivity index (χ2n) is 4.88. The van der Waals surface area contributed by atoms with Gasteiger partial charge in [-0.2, -0.15) is 0 Å². The zero-order valence-electron chi connectivity index (χ0n) is 10.6. The number of hydrogen-bond acceptors (Lipinski definition) is 5. The van der Waals surface area contributed by atoms with Crippen molar-refractivity contribution in [2.24, 2.45) is 5.92 Å². The van der Waals surface area contributed by atoms with E-state index in [1.54, 1.807) is 0 Å². The summed E-state index contributed by atoms with van der Waals surface area (Å²) in [5.74, 6) is 2.42. The molecule has 94 valence electrons. The molecule has 2 atom stereocenters. The van der Waals surface area contributed by atoms with Crippen LogP contribution in [0.15, 0.2) is 0 Å². The molecule has 0 radical (unpaired) electrons. The number of nitrogens with two attached hydrogens (primary N) is 1. The van der Waals surface area contributed by atoms with Crippen LogP contribution in [-0.4, -0.2) is 34.3 Å². The minimum atomic E-state index is -0.202. The van der Waals surface area contributed by atoms with Crippen molar-refractivity contribution in [3.05, 3.63) is 11.4 Å². The minimum absolute atomic E-state index is 0.202. The summed E-state index contributed by atoms with van der Waals surface area (Å²) < 4.78 is 0. The average molecular weight is 236 g/mol. The highest BCUT2D eigenvalue weighted by molar-refractivity contribution is 5.56. The van der Waals surface area contributed by atoms with E-state index >= 15 is 0 Å². The lowest BCUT2D eigenvalue weighted by Gasteiger charge is -2.36. The fraction of sp³-hybridized carbons (Fsp3) is 0.667. The van der Waals surface area contributed by atoms with Gasteiger partial charge in [-0.3, -0.25) is 0 Å². The van der Waals surface area contributed by atoms with Crippen molar-refractivity contribution in [3.8, 4) is 0 Å². The van der Waals surface area contributed by atoms with E-state index in [1.165, 1.54) is 0 Å². The summed E-state index contributed by atoms with van der Waals surface area (Å²) in [5.41, 5.74) is 6.79. The highest BCUT2D eigenvalue weighted by Crippen LogP contribution is 2.26. The Morgan fingerprint density at radius 2 is 2.06 bits per heavy atom. The number of aryl methyl sites for hydroxylation is 1. The van der Waals surface area contributed by atoms with Crippen LogP contribution in [0, 0.1) is 19.8 Å². The third-order valence-electron chi connectivity index (χ3n) is 3.43. The lowest BCUT2D eigenvalue weighted by molar-refractivity contribution is 0.0968. The van der Waals surface area contributed by atoms with Gasteiger partial charge in [0.05, 0.1) is 6.10 Å². The van der Waals surface area contributed by atoms with Gasteiger partial charge in [-0.1, -0.05) is 6.92 Å². The number of aromatic nitrogens is 2. The molecule has 1 aromatic heterocycles.